The van der Waals surface area contributed by atoms with E-state index in [2.05, 4.69) is 4.98 Å². The molecule has 1 aliphatic rings. The number of aromatic carboxylic acids is 1. The van der Waals surface area contributed by atoms with Gasteiger partial charge in [-0.25, -0.2) is 4.79 Å². The van der Waals surface area contributed by atoms with Crippen LogP contribution in [-0.4, -0.2) is 38.7 Å². The smallest absolute Gasteiger partial charge is 0.336 e. The molecule has 4 aromatic rings. The van der Waals surface area contributed by atoms with Crippen molar-refractivity contribution in [2.75, 3.05) is 0 Å². The Balaban J connectivity index is 1.58. The van der Waals surface area contributed by atoms with Crippen LogP contribution in [0, 0.1) is 6.92 Å². The topological polar surface area (TPSA) is 87.6 Å². The van der Waals surface area contributed by atoms with Crippen LogP contribution in [0.4, 0.5) is 0 Å². The molecule has 0 saturated heterocycles. The first-order chi connectivity index (χ1) is 18.3. The van der Waals surface area contributed by atoms with Crippen LogP contribution in [0.5, 0.6) is 0 Å². The van der Waals surface area contributed by atoms with Gasteiger partial charge in [0.05, 0.1) is 11.6 Å². The average molecular weight is 525 g/mol. The molecule has 7 heteroatoms. The Morgan fingerprint density at radius 3 is 2.50 bits per heavy atom. The molecule has 0 fully saturated rings. The van der Waals surface area contributed by atoms with Crippen molar-refractivity contribution < 1.29 is 19.5 Å². The zero-order chi connectivity index (χ0) is 26.8. The third-order valence-corrected chi connectivity index (χ3v) is 7.06. The van der Waals surface area contributed by atoms with E-state index in [4.69, 9.17) is 11.6 Å². The van der Waals surface area contributed by atoms with Gasteiger partial charge in [-0.2, -0.15) is 0 Å². The Hall–Kier alpha value is -4.29. The van der Waals surface area contributed by atoms with Crippen molar-refractivity contribution in [3.63, 3.8) is 0 Å². The lowest BCUT2D eigenvalue weighted by atomic mass is 9.95. The lowest BCUT2D eigenvalue weighted by Crippen LogP contribution is -2.45. The van der Waals surface area contributed by atoms with Crippen molar-refractivity contribution in [2.24, 2.45) is 0 Å². The number of hydrogen-bond donors (Lipinski definition) is 1. The highest BCUT2D eigenvalue weighted by Crippen LogP contribution is 2.30. The first kappa shape index (κ1) is 25.4. The zero-order valence-electron chi connectivity index (χ0n) is 20.7. The Morgan fingerprint density at radius 2 is 1.79 bits per heavy atom. The van der Waals surface area contributed by atoms with Gasteiger partial charge in [-0.3, -0.25) is 14.6 Å². The Labute approximate surface area is 225 Å². The van der Waals surface area contributed by atoms with E-state index in [0.29, 0.717) is 27.4 Å². The predicted octanol–water partition coefficient (Wildman–Crippen LogP) is 5.79. The van der Waals surface area contributed by atoms with Gasteiger partial charge in [0.15, 0.2) is 5.78 Å². The normalized spacial score (nSPS) is 15.2. The third-order valence-electron chi connectivity index (χ3n) is 6.83. The maximum absolute atomic E-state index is 13.9. The molecule has 0 bridgehead atoms. The number of carboxylic acid groups (broad SMARTS) is 1. The number of nitrogens with zero attached hydrogens (tertiary/aromatic N) is 2. The minimum atomic E-state index is -1.04. The van der Waals surface area contributed by atoms with Gasteiger partial charge in [-0.05, 0) is 71.6 Å². The number of rotatable bonds is 6. The molecule has 1 aromatic heterocycles. The maximum Gasteiger partial charge on any atom is 0.336 e. The Kier molecular flexibility index (Phi) is 7.07. The van der Waals surface area contributed by atoms with E-state index in [-0.39, 0.29) is 36.6 Å². The second-order valence-electron chi connectivity index (χ2n) is 9.47. The molecule has 2 heterocycles. The third kappa shape index (κ3) is 5.22. The van der Waals surface area contributed by atoms with E-state index in [0.717, 1.165) is 16.7 Å². The number of carbonyl (C=O) groups excluding carboxylic acids is 2. The summed E-state index contributed by atoms with van der Waals surface area (Å²) in [6, 6.07) is 22.4. The number of hydrogen-bond acceptors (Lipinski definition) is 4. The Bertz CT molecular complexity index is 1530. The maximum atomic E-state index is 13.9. The monoisotopic (exact) mass is 524 g/mol. The fraction of sp³-hybridized carbons (Fsp3) is 0.161. The van der Waals surface area contributed by atoms with Crippen LogP contribution in [0.15, 0.2) is 85.1 Å². The number of Topliss-reactive ketones (excluding diaryl/α,β-unsaturated/α-hetero) is 1. The van der Waals surface area contributed by atoms with E-state index in [1.54, 1.807) is 53.6 Å². The Morgan fingerprint density at radius 1 is 1.00 bits per heavy atom. The van der Waals surface area contributed by atoms with Crippen LogP contribution in [0.1, 0.15) is 43.1 Å². The number of halogens is 1. The summed E-state index contributed by atoms with van der Waals surface area (Å²) < 4.78 is 0. The van der Waals surface area contributed by atoms with Crippen molar-refractivity contribution in [1.29, 1.82) is 0 Å². The molecule has 38 heavy (non-hydrogen) atoms. The van der Waals surface area contributed by atoms with E-state index in [1.807, 2.05) is 43.3 Å². The molecule has 1 atom stereocenters. The highest BCUT2D eigenvalue weighted by molar-refractivity contribution is 6.30. The zero-order valence-corrected chi connectivity index (χ0v) is 21.5. The summed E-state index contributed by atoms with van der Waals surface area (Å²) in [7, 11) is 0. The van der Waals surface area contributed by atoms with E-state index in [1.165, 1.54) is 0 Å². The first-order valence-corrected chi connectivity index (χ1v) is 12.6. The predicted molar refractivity (Wildman–Crippen MR) is 145 cm³/mol. The standard InChI is InChI=1S/C31H25ClN2O4/c1-19-5-8-21(9-6-19)27-14-20(7-11-26(27)31(37)38)18-34-28(17-24-4-2-3-13-33-24)29(35)16-22-15-23(32)10-12-25(22)30(34)36/h2-15,28H,16-18H2,1H3,(H,37,38)/t28-/m1/s1. The average Bonchev–Trinajstić information content (AvgIpc) is 2.99. The fourth-order valence-electron chi connectivity index (χ4n) is 4.86. The molecule has 5 rings (SSSR count). The molecular weight excluding hydrogens is 500 g/mol. The number of carboxylic acids is 1. The number of fused-ring (bicyclic) bond motifs is 1. The number of aryl methyl sites for hydroxylation is 1. The van der Waals surface area contributed by atoms with E-state index >= 15 is 0 Å². The number of benzene rings is 3. The van der Waals surface area contributed by atoms with Gasteiger partial charge in [-0.1, -0.05) is 53.6 Å². The molecule has 6 nitrogen and oxygen atoms in total. The summed E-state index contributed by atoms with van der Waals surface area (Å²) in [6.07, 6.45) is 2.02. The largest absolute Gasteiger partial charge is 0.478 e. The second kappa shape index (κ2) is 10.6. The molecule has 1 N–H and O–H groups in total. The van der Waals surface area contributed by atoms with E-state index in [9.17, 15) is 19.5 Å². The van der Waals surface area contributed by atoms with Crippen molar-refractivity contribution >= 4 is 29.3 Å². The van der Waals surface area contributed by atoms with Gasteiger partial charge < -0.3 is 10.0 Å². The van der Waals surface area contributed by atoms with Gasteiger partial charge in [0, 0.05) is 41.9 Å². The molecule has 1 amide bonds. The van der Waals surface area contributed by atoms with Gasteiger partial charge in [-0.15, -0.1) is 0 Å². The molecule has 190 valence electrons. The van der Waals surface area contributed by atoms with Gasteiger partial charge >= 0.3 is 5.97 Å². The summed E-state index contributed by atoms with van der Waals surface area (Å²) in [4.78, 5) is 45.4. The molecular formula is C31H25ClN2O4. The van der Waals surface area contributed by atoms with Crippen molar-refractivity contribution in [1.82, 2.24) is 9.88 Å². The molecule has 3 aromatic carbocycles. The first-order valence-electron chi connectivity index (χ1n) is 12.3. The van der Waals surface area contributed by atoms with Crippen LogP contribution >= 0.6 is 11.6 Å². The number of pyridine rings is 1. The quantitative estimate of drug-likeness (QED) is 0.345. The second-order valence-corrected chi connectivity index (χ2v) is 9.91. The van der Waals surface area contributed by atoms with Crippen LogP contribution in [0.3, 0.4) is 0 Å². The molecule has 0 spiro atoms. The summed E-state index contributed by atoms with van der Waals surface area (Å²) in [5, 5.41) is 10.3. The van der Waals surface area contributed by atoms with Gasteiger partial charge in [0.25, 0.3) is 5.91 Å². The summed E-state index contributed by atoms with van der Waals surface area (Å²) in [5.74, 6) is -1.42. The molecule has 0 radical (unpaired) electrons. The number of aromatic nitrogens is 1. The van der Waals surface area contributed by atoms with E-state index < -0.39 is 12.0 Å². The van der Waals surface area contributed by atoms with Crippen LogP contribution in [-0.2, 0) is 24.2 Å². The van der Waals surface area contributed by atoms with Crippen molar-refractivity contribution in [2.45, 2.75) is 32.4 Å². The highest BCUT2D eigenvalue weighted by Gasteiger charge is 2.36. The van der Waals surface area contributed by atoms with Crippen molar-refractivity contribution in [3.05, 3.63) is 124 Å². The molecule has 1 aliphatic heterocycles. The van der Waals surface area contributed by atoms with Crippen LogP contribution in [0.25, 0.3) is 11.1 Å². The summed E-state index contributed by atoms with van der Waals surface area (Å²) in [5.41, 5.74) is 5.00. The fourth-order valence-corrected chi connectivity index (χ4v) is 5.06. The highest BCUT2D eigenvalue weighted by atomic mass is 35.5. The lowest BCUT2D eigenvalue weighted by Gasteiger charge is -2.29. The minimum Gasteiger partial charge on any atom is -0.478 e. The number of amides is 1. The molecule has 0 aliphatic carbocycles. The summed E-state index contributed by atoms with van der Waals surface area (Å²) >= 11 is 6.19. The van der Waals surface area contributed by atoms with Crippen LogP contribution < -0.4 is 0 Å². The summed E-state index contributed by atoms with van der Waals surface area (Å²) in [6.45, 7) is 2.09. The SMILES string of the molecule is Cc1ccc(-c2cc(CN3C(=O)c4ccc(Cl)cc4CC(=O)[C@H]3Cc3ccccn3)ccc2C(=O)O)cc1. The van der Waals surface area contributed by atoms with Crippen LogP contribution in [0.2, 0.25) is 5.02 Å². The number of carbonyl (C=O) groups is 3. The minimum absolute atomic E-state index is 0.0855. The van der Waals surface area contributed by atoms with Gasteiger partial charge in [0.1, 0.15) is 0 Å². The van der Waals surface area contributed by atoms with Crippen molar-refractivity contribution in [3.8, 4) is 11.1 Å². The van der Waals surface area contributed by atoms with Gasteiger partial charge in [0.2, 0.25) is 0 Å². The molecule has 0 unspecified atom stereocenters. The lowest BCUT2D eigenvalue weighted by molar-refractivity contribution is -0.122. The number of ketones is 1. The molecule has 0 saturated carbocycles.